The van der Waals surface area contributed by atoms with Crippen molar-refractivity contribution in [1.82, 2.24) is 0 Å². The van der Waals surface area contributed by atoms with E-state index in [1.54, 1.807) is 39.0 Å². The lowest BCUT2D eigenvalue weighted by atomic mass is 9.89. The first-order valence-corrected chi connectivity index (χ1v) is 13.9. The quantitative estimate of drug-likeness (QED) is 0.149. The maximum absolute atomic E-state index is 13.2. The molecule has 0 unspecified atom stereocenters. The van der Waals surface area contributed by atoms with Gasteiger partial charge in [0.2, 0.25) is 6.29 Å². The summed E-state index contributed by atoms with van der Waals surface area (Å²) in [5.74, 6) is -1.13. The van der Waals surface area contributed by atoms with E-state index in [0.29, 0.717) is 0 Å². The van der Waals surface area contributed by atoms with E-state index in [-0.39, 0.29) is 33.5 Å². The standard InChI is InChI=1S/C32H33N3O10/c1-15-21(42-30-24(37)26(44-31(34)40)27(41-4)32(2,3)45-30)13-11-18-23(36)22(29(39)43-25(15)18)35-28(38)19-14-17(10-12-20(19)33)16-8-6-5-7-9-16/h5-14,24,26-27,30,36-37H,33H2,1-4H3,(H2,34,40)(H,35,38)/t24-,26+,27-,30-/m1/s1. The summed E-state index contributed by atoms with van der Waals surface area (Å²) in [6.45, 7) is 4.88. The van der Waals surface area contributed by atoms with Gasteiger partial charge in [0.05, 0.1) is 16.6 Å². The van der Waals surface area contributed by atoms with Crippen LogP contribution in [0.5, 0.6) is 11.5 Å². The highest BCUT2D eigenvalue weighted by atomic mass is 16.7. The molecule has 0 spiro atoms. The molecule has 2 amide bonds. The summed E-state index contributed by atoms with van der Waals surface area (Å²) in [6, 6.07) is 17.1. The highest BCUT2D eigenvalue weighted by Gasteiger charge is 2.53. The Morgan fingerprint density at radius 1 is 1.04 bits per heavy atom. The highest BCUT2D eigenvalue weighted by Crippen LogP contribution is 2.38. The van der Waals surface area contributed by atoms with Gasteiger partial charge >= 0.3 is 11.7 Å². The van der Waals surface area contributed by atoms with E-state index in [1.807, 2.05) is 30.3 Å². The number of aliphatic hydroxyl groups excluding tert-OH is 1. The summed E-state index contributed by atoms with van der Waals surface area (Å²) in [7, 11) is 1.37. The number of aryl methyl sites for hydroxylation is 1. The lowest BCUT2D eigenvalue weighted by Gasteiger charge is -2.47. The number of benzene rings is 3. The lowest BCUT2D eigenvalue weighted by molar-refractivity contribution is -0.304. The molecule has 4 atom stereocenters. The van der Waals surface area contributed by atoms with Crippen LogP contribution in [0.4, 0.5) is 16.2 Å². The van der Waals surface area contributed by atoms with Gasteiger partial charge in [0, 0.05) is 18.4 Å². The number of hydrogen-bond acceptors (Lipinski definition) is 11. The van der Waals surface area contributed by atoms with Gasteiger partial charge in [-0.3, -0.25) is 4.79 Å². The number of primary amides is 1. The molecule has 0 saturated carbocycles. The van der Waals surface area contributed by atoms with E-state index in [9.17, 15) is 24.6 Å². The number of carbonyl (C=O) groups excluding carboxylic acids is 2. The first-order chi connectivity index (χ1) is 21.3. The number of rotatable bonds is 7. The molecule has 0 aliphatic carbocycles. The number of aliphatic hydroxyl groups is 1. The van der Waals surface area contributed by atoms with Crippen molar-refractivity contribution in [2.75, 3.05) is 18.2 Å². The number of aromatic hydroxyl groups is 1. The number of anilines is 2. The van der Waals surface area contributed by atoms with E-state index < -0.39 is 59.3 Å². The fourth-order valence-electron chi connectivity index (χ4n) is 5.42. The van der Waals surface area contributed by atoms with Crippen LogP contribution >= 0.6 is 0 Å². The minimum absolute atomic E-state index is 0.0390. The predicted molar refractivity (Wildman–Crippen MR) is 164 cm³/mol. The maximum Gasteiger partial charge on any atom is 0.404 e. The smallest absolute Gasteiger partial charge is 0.404 e. The van der Waals surface area contributed by atoms with Gasteiger partial charge in [-0.1, -0.05) is 36.4 Å². The van der Waals surface area contributed by atoms with E-state index >= 15 is 0 Å². The Hall–Kier alpha value is -5.11. The van der Waals surface area contributed by atoms with Crippen LogP contribution in [0.1, 0.15) is 29.8 Å². The minimum atomic E-state index is -1.52. The maximum atomic E-state index is 13.2. The molecule has 1 saturated heterocycles. The first kappa shape index (κ1) is 31.3. The summed E-state index contributed by atoms with van der Waals surface area (Å²) >= 11 is 0. The van der Waals surface area contributed by atoms with E-state index in [2.05, 4.69) is 5.32 Å². The van der Waals surface area contributed by atoms with Crippen LogP contribution in [0.2, 0.25) is 0 Å². The minimum Gasteiger partial charge on any atom is -0.505 e. The Kier molecular flexibility index (Phi) is 8.43. The number of ether oxygens (including phenoxy) is 4. The van der Waals surface area contributed by atoms with Crippen molar-refractivity contribution in [1.29, 1.82) is 0 Å². The van der Waals surface area contributed by atoms with E-state index in [1.165, 1.54) is 19.2 Å². The van der Waals surface area contributed by atoms with Crippen molar-refractivity contribution in [2.24, 2.45) is 5.73 Å². The zero-order valence-electron chi connectivity index (χ0n) is 24.9. The van der Waals surface area contributed by atoms with Gasteiger partial charge in [0.1, 0.15) is 17.4 Å². The Balaban J connectivity index is 1.44. The SMILES string of the molecule is CO[C@@H]1[C@@H](OC(N)=O)[C@@H](O)[C@H](Oc2ccc3c(O)c(NC(=O)c4cc(-c5ccccc5)ccc4N)c(=O)oc3c2C)OC1(C)C. The van der Waals surface area contributed by atoms with Crippen LogP contribution in [0, 0.1) is 6.92 Å². The third kappa shape index (κ3) is 6.00. The Morgan fingerprint density at radius 3 is 2.42 bits per heavy atom. The van der Waals surface area contributed by atoms with Crippen molar-refractivity contribution < 1.29 is 43.2 Å². The van der Waals surface area contributed by atoms with Crippen molar-refractivity contribution in [3.63, 3.8) is 0 Å². The normalized spacial score (nSPS) is 20.8. The van der Waals surface area contributed by atoms with Crippen LogP contribution in [-0.4, -0.2) is 59.5 Å². The Morgan fingerprint density at radius 2 is 1.76 bits per heavy atom. The summed E-state index contributed by atoms with van der Waals surface area (Å²) in [6.07, 6.45) is -6.10. The molecule has 0 bridgehead atoms. The number of methoxy groups -OCH3 is 1. The Bertz CT molecular complexity index is 1820. The summed E-state index contributed by atoms with van der Waals surface area (Å²) < 4.78 is 27.9. The number of nitrogens with two attached hydrogens (primary N) is 2. The molecule has 1 aliphatic heterocycles. The molecule has 45 heavy (non-hydrogen) atoms. The van der Waals surface area contributed by atoms with E-state index in [4.69, 9.17) is 34.8 Å². The molecule has 1 aliphatic rings. The van der Waals surface area contributed by atoms with Crippen molar-refractivity contribution in [3.8, 4) is 22.6 Å². The molecule has 1 aromatic heterocycles. The first-order valence-electron chi connectivity index (χ1n) is 13.9. The number of nitrogen functional groups attached to an aromatic ring is 1. The predicted octanol–water partition coefficient (Wildman–Crippen LogP) is 3.66. The summed E-state index contributed by atoms with van der Waals surface area (Å²) in [5, 5.41) is 24.5. The molecule has 5 rings (SSSR count). The lowest BCUT2D eigenvalue weighted by Crippen LogP contribution is -2.65. The van der Waals surface area contributed by atoms with Crippen LogP contribution in [0.3, 0.4) is 0 Å². The van der Waals surface area contributed by atoms with Gasteiger partial charge in [0.15, 0.2) is 23.6 Å². The molecule has 7 N–H and O–H groups in total. The second-order valence-corrected chi connectivity index (χ2v) is 11.1. The zero-order valence-corrected chi connectivity index (χ0v) is 24.9. The molecule has 1 fully saturated rings. The topological polar surface area (TPSA) is 206 Å². The molecule has 4 aromatic rings. The van der Waals surface area contributed by atoms with Crippen molar-refractivity contribution >= 4 is 34.3 Å². The number of amides is 2. The van der Waals surface area contributed by atoms with Gasteiger partial charge < -0.3 is 50.4 Å². The third-order valence-electron chi connectivity index (χ3n) is 7.66. The van der Waals surface area contributed by atoms with Crippen molar-refractivity contribution in [2.45, 2.75) is 51.0 Å². The van der Waals surface area contributed by atoms with E-state index in [0.717, 1.165) is 11.1 Å². The average molecular weight is 620 g/mol. The molecule has 13 nitrogen and oxygen atoms in total. The average Bonchev–Trinajstić information content (AvgIpc) is 2.99. The summed E-state index contributed by atoms with van der Waals surface area (Å²) in [4.78, 5) is 37.8. The van der Waals surface area contributed by atoms with Crippen LogP contribution in [-0.2, 0) is 14.2 Å². The molecule has 236 valence electrons. The third-order valence-corrected chi connectivity index (χ3v) is 7.66. The molecule has 13 heteroatoms. The van der Waals surface area contributed by atoms with Crippen LogP contribution in [0.25, 0.3) is 22.1 Å². The summed E-state index contributed by atoms with van der Waals surface area (Å²) in [5.41, 5.74) is 10.8. The molecular weight excluding hydrogens is 586 g/mol. The number of carbonyl (C=O) groups is 2. The largest absolute Gasteiger partial charge is 0.505 e. The van der Waals surface area contributed by atoms with Crippen LogP contribution < -0.4 is 27.1 Å². The monoisotopic (exact) mass is 619 g/mol. The van der Waals surface area contributed by atoms with Gasteiger partial charge in [-0.25, -0.2) is 9.59 Å². The van der Waals surface area contributed by atoms with Gasteiger partial charge in [-0.15, -0.1) is 0 Å². The second kappa shape index (κ2) is 12.1. The fourth-order valence-corrected chi connectivity index (χ4v) is 5.42. The Labute approximate surface area is 257 Å². The molecule has 2 heterocycles. The highest BCUT2D eigenvalue weighted by molar-refractivity contribution is 6.10. The number of hydrogen-bond donors (Lipinski definition) is 5. The van der Waals surface area contributed by atoms with Gasteiger partial charge in [-0.2, -0.15) is 0 Å². The number of nitrogens with one attached hydrogen (secondary N) is 1. The van der Waals surface area contributed by atoms with Gasteiger partial charge in [0.25, 0.3) is 5.91 Å². The number of fused-ring (bicyclic) bond motifs is 1. The molecular formula is C32H33N3O10. The fraction of sp³-hybridized carbons (Fsp3) is 0.281. The zero-order chi connectivity index (χ0) is 32.6. The van der Waals surface area contributed by atoms with Gasteiger partial charge in [-0.05, 0) is 56.2 Å². The molecule has 0 radical (unpaired) electrons. The second-order valence-electron chi connectivity index (χ2n) is 11.1. The van der Waals surface area contributed by atoms with Crippen molar-refractivity contribution in [3.05, 3.63) is 82.2 Å². The van der Waals surface area contributed by atoms with Crippen LogP contribution in [0.15, 0.2) is 69.9 Å². The molecule has 3 aromatic carbocycles.